The highest BCUT2D eigenvalue weighted by Gasteiger charge is 2.29. The predicted octanol–water partition coefficient (Wildman–Crippen LogP) is 2.85. The van der Waals surface area contributed by atoms with Gasteiger partial charge in [-0.15, -0.1) is 0 Å². The van der Waals surface area contributed by atoms with Gasteiger partial charge < -0.3 is 14.6 Å². The third-order valence-corrected chi connectivity index (χ3v) is 3.62. The van der Waals surface area contributed by atoms with Crippen LogP contribution in [-0.2, 0) is 9.53 Å². The Balaban J connectivity index is 2.36. The molecule has 0 amide bonds. The van der Waals surface area contributed by atoms with Crippen LogP contribution in [0.3, 0.4) is 0 Å². The zero-order chi connectivity index (χ0) is 14.5. The van der Waals surface area contributed by atoms with Gasteiger partial charge in [-0.1, -0.05) is 23.9 Å². The molecule has 1 aromatic carbocycles. The summed E-state index contributed by atoms with van der Waals surface area (Å²) < 4.78 is 10.2. The van der Waals surface area contributed by atoms with Crippen LogP contribution in [0.2, 0.25) is 0 Å². The topological polar surface area (TPSA) is 68.1 Å². The summed E-state index contributed by atoms with van der Waals surface area (Å²) >= 11 is 1.30. The Labute approximate surface area is 121 Å². The number of nitrogens with zero attached hydrogens (tertiary/aromatic N) is 1. The molecule has 0 saturated carbocycles. The molecule has 0 radical (unpaired) electrons. The minimum Gasteiger partial charge on any atom is -0.510 e. The van der Waals surface area contributed by atoms with E-state index in [2.05, 4.69) is 4.99 Å². The van der Waals surface area contributed by atoms with Crippen molar-refractivity contribution in [2.45, 2.75) is 6.92 Å². The molecule has 0 aromatic heterocycles. The standard InChI is InChI=1S/C14H15NO4S/c1-3-19-14(17)12-10(16)8-20-13(12)15-9-6-4-5-7-11(9)18-2/h4-7,16H,3,8H2,1-2H3. The number of carbonyl (C=O) groups excluding carboxylic acids is 1. The number of aliphatic imine (C=N–C) groups is 1. The van der Waals surface area contributed by atoms with Crippen molar-refractivity contribution < 1.29 is 19.4 Å². The molecule has 1 aromatic rings. The molecular weight excluding hydrogens is 278 g/mol. The quantitative estimate of drug-likeness (QED) is 0.865. The van der Waals surface area contributed by atoms with E-state index in [0.717, 1.165) is 0 Å². The molecule has 0 spiro atoms. The SMILES string of the molecule is CCOC(=O)C1=C(O)CSC1=Nc1ccccc1OC. The minimum atomic E-state index is -0.552. The first-order valence-corrected chi connectivity index (χ1v) is 7.10. The molecular formula is C14H15NO4S. The lowest BCUT2D eigenvalue weighted by Gasteiger charge is -2.06. The van der Waals surface area contributed by atoms with Crippen LogP contribution in [0.1, 0.15) is 6.92 Å². The van der Waals surface area contributed by atoms with Crippen molar-refractivity contribution in [2.24, 2.45) is 4.99 Å². The van der Waals surface area contributed by atoms with E-state index < -0.39 is 5.97 Å². The van der Waals surface area contributed by atoms with Crippen LogP contribution in [0.5, 0.6) is 5.75 Å². The van der Waals surface area contributed by atoms with Gasteiger partial charge in [-0.2, -0.15) is 0 Å². The Kier molecular flexibility index (Phi) is 4.68. The van der Waals surface area contributed by atoms with Crippen molar-refractivity contribution in [3.63, 3.8) is 0 Å². The van der Waals surface area contributed by atoms with Crippen molar-refractivity contribution in [3.8, 4) is 5.75 Å². The number of esters is 1. The third-order valence-electron chi connectivity index (χ3n) is 2.63. The average Bonchev–Trinajstić information content (AvgIpc) is 2.80. The van der Waals surface area contributed by atoms with E-state index >= 15 is 0 Å². The fraction of sp³-hybridized carbons (Fsp3) is 0.286. The zero-order valence-electron chi connectivity index (χ0n) is 11.3. The number of hydrogen-bond donors (Lipinski definition) is 1. The summed E-state index contributed by atoms with van der Waals surface area (Å²) in [5.74, 6) is 0.378. The Morgan fingerprint density at radius 1 is 1.45 bits per heavy atom. The maximum atomic E-state index is 11.8. The van der Waals surface area contributed by atoms with Gasteiger partial charge in [0.2, 0.25) is 0 Å². The molecule has 6 heteroatoms. The molecule has 1 heterocycles. The summed E-state index contributed by atoms with van der Waals surface area (Å²) in [5, 5.41) is 10.3. The number of para-hydroxylation sites is 2. The summed E-state index contributed by atoms with van der Waals surface area (Å²) in [6.45, 7) is 1.97. The minimum absolute atomic E-state index is 0.00194. The lowest BCUT2D eigenvalue weighted by molar-refractivity contribution is -0.138. The monoisotopic (exact) mass is 293 g/mol. The van der Waals surface area contributed by atoms with Crippen molar-refractivity contribution >= 4 is 28.5 Å². The Morgan fingerprint density at radius 2 is 2.20 bits per heavy atom. The first-order valence-electron chi connectivity index (χ1n) is 6.11. The molecule has 0 bridgehead atoms. The Hall–Kier alpha value is -1.95. The Morgan fingerprint density at radius 3 is 2.90 bits per heavy atom. The van der Waals surface area contributed by atoms with Crippen molar-refractivity contribution in [2.75, 3.05) is 19.5 Å². The van der Waals surface area contributed by atoms with E-state index in [1.807, 2.05) is 12.1 Å². The Bertz CT molecular complexity index is 580. The highest BCUT2D eigenvalue weighted by atomic mass is 32.2. The van der Waals surface area contributed by atoms with E-state index in [9.17, 15) is 9.90 Å². The highest BCUT2D eigenvalue weighted by molar-refractivity contribution is 8.15. The number of aliphatic hydroxyl groups excluding tert-OH is 1. The van der Waals surface area contributed by atoms with Crippen molar-refractivity contribution in [1.29, 1.82) is 0 Å². The van der Waals surface area contributed by atoms with Gasteiger partial charge in [-0.05, 0) is 19.1 Å². The van der Waals surface area contributed by atoms with E-state index in [-0.39, 0.29) is 17.9 Å². The van der Waals surface area contributed by atoms with E-state index in [4.69, 9.17) is 9.47 Å². The second-order valence-electron chi connectivity index (χ2n) is 3.92. The number of thioether (sulfide) groups is 1. The van der Waals surface area contributed by atoms with Gasteiger partial charge in [-0.3, -0.25) is 0 Å². The summed E-state index contributed by atoms with van der Waals surface area (Å²) in [4.78, 5) is 16.2. The number of benzene rings is 1. The van der Waals surface area contributed by atoms with Crippen molar-refractivity contribution in [1.82, 2.24) is 0 Å². The molecule has 5 nitrogen and oxygen atoms in total. The lowest BCUT2D eigenvalue weighted by Crippen LogP contribution is -2.12. The molecule has 106 valence electrons. The summed E-state index contributed by atoms with van der Waals surface area (Å²) in [6, 6.07) is 7.23. The predicted molar refractivity (Wildman–Crippen MR) is 78.8 cm³/mol. The second kappa shape index (κ2) is 6.47. The van der Waals surface area contributed by atoms with Gasteiger partial charge in [0.15, 0.2) is 0 Å². The first kappa shape index (κ1) is 14.5. The van der Waals surface area contributed by atoms with Gasteiger partial charge in [-0.25, -0.2) is 9.79 Å². The normalized spacial score (nSPS) is 16.6. The van der Waals surface area contributed by atoms with Crippen LogP contribution in [0.4, 0.5) is 5.69 Å². The molecule has 20 heavy (non-hydrogen) atoms. The maximum Gasteiger partial charge on any atom is 0.344 e. The fourth-order valence-electron chi connectivity index (χ4n) is 1.73. The van der Waals surface area contributed by atoms with Crippen LogP contribution in [0.15, 0.2) is 40.6 Å². The molecule has 2 rings (SSSR count). The van der Waals surface area contributed by atoms with E-state index in [1.165, 1.54) is 11.8 Å². The fourth-order valence-corrected chi connectivity index (χ4v) is 2.66. The molecule has 0 unspecified atom stereocenters. The molecule has 0 aliphatic carbocycles. The average molecular weight is 293 g/mol. The molecule has 0 atom stereocenters. The van der Waals surface area contributed by atoms with Gasteiger partial charge in [0.05, 0.1) is 19.5 Å². The smallest absolute Gasteiger partial charge is 0.344 e. The second-order valence-corrected chi connectivity index (χ2v) is 4.88. The third kappa shape index (κ3) is 2.96. The van der Waals surface area contributed by atoms with Crippen LogP contribution in [0, 0.1) is 0 Å². The summed E-state index contributed by atoms with van der Waals surface area (Å²) in [7, 11) is 1.56. The summed E-state index contributed by atoms with van der Waals surface area (Å²) in [5.41, 5.74) is 0.747. The van der Waals surface area contributed by atoms with Crippen LogP contribution in [-0.4, -0.2) is 35.6 Å². The molecule has 0 fully saturated rings. The zero-order valence-corrected chi connectivity index (χ0v) is 12.1. The number of methoxy groups -OCH3 is 1. The highest BCUT2D eigenvalue weighted by Crippen LogP contribution is 2.33. The molecule has 1 aliphatic rings. The molecule has 1 aliphatic heterocycles. The molecule has 0 saturated heterocycles. The number of aliphatic hydroxyl groups is 1. The lowest BCUT2D eigenvalue weighted by atomic mass is 10.2. The maximum absolute atomic E-state index is 11.8. The van der Waals surface area contributed by atoms with Gasteiger partial charge in [0.25, 0.3) is 0 Å². The number of rotatable bonds is 4. The number of ether oxygens (including phenoxy) is 2. The van der Waals surface area contributed by atoms with Crippen LogP contribution >= 0.6 is 11.8 Å². The summed E-state index contributed by atoms with van der Waals surface area (Å²) in [6.07, 6.45) is 0. The van der Waals surface area contributed by atoms with Crippen LogP contribution in [0.25, 0.3) is 0 Å². The van der Waals surface area contributed by atoms with Crippen LogP contribution < -0.4 is 4.74 Å². The largest absolute Gasteiger partial charge is 0.510 e. The molecule has 1 N–H and O–H groups in total. The van der Waals surface area contributed by atoms with Gasteiger partial charge >= 0.3 is 5.97 Å². The van der Waals surface area contributed by atoms with E-state index in [1.54, 1.807) is 26.2 Å². The van der Waals surface area contributed by atoms with Gasteiger partial charge in [0.1, 0.15) is 27.8 Å². The first-order chi connectivity index (χ1) is 9.67. The van der Waals surface area contributed by atoms with Gasteiger partial charge in [0, 0.05) is 0 Å². The van der Waals surface area contributed by atoms with Crippen molar-refractivity contribution in [3.05, 3.63) is 35.6 Å². The number of hydrogen-bond acceptors (Lipinski definition) is 6. The number of carbonyl (C=O) groups is 1. The van der Waals surface area contributed by atoms with E-state index in [0.29, 0.717) is 22.2 Å².